The first-order valence-corrected chi connectivity index (χ1v) is 7.04. The molecule has 3 nitrogen and oxygen atoms in total. The summed E-state index contributed by atoms with van der Waals surface area (Å²) in [5, 5.41) is 2.94. The summed E-state index contributed by atoms with van der Waals surface area (Å²) in [6.45, 7) is 6.03. The van der Waals surface area contributed by atoms with Gasteiger partial charge >= 0.3 is 0 Å². The van der Waals surface area contributed by atoms with Crippen LogP contribution in [0.3, 0.4) is 0 Å². The minimum atomic E-state index is -0.0188. The molecule has 0 saturated carbocycles. The molecule has 4 heteroatoms. The summed E-state index contributed by atoms with van der Waals surface area (Å²) in [7, 11) is 2.10. The molecule has 1 amide bonds. The molecular weight excluding hydrogens is 292 g/mol. The van der Waals surface area contributed by atoms with Crippen molar-refractivity contribution in [2.45, 2.75) is 26.3 Å². The van der Waals surface area contributed by atoms with Crippen molar-refractivity contribution in [2.24, 2.45) is 0 Å². The summed E-state index contributed by atoms with van der Waals surface area (Å²) in [5.41, 5.74) is 0.690. The molecule has 0 radical (unpaired) electrons. The van der Waals surface area contributed by atoms with E-state index in [1.807, 2.05) is 24.3 Å². The Morgan fingerprint density at radius 1 is 1.39 bits per heavy atom. The highest BCUT2D eigenvalue weighted by Gasteiger charge is 2.08. The minimum Gasteiger partial charge on any atom is -0.352 e. The van der Waals surface area contributed by atoms with Crippen LogP contribution in [0.15, 0.2) is 28.7 Å². The van der Waals surface area contributed by atoms with Gasteiger partial charge in [-0.25, -0.2) is 0 Å². The molecular formula is C14H21BrN2O. The van der Waals surface area contributed by atoms with Crippen LogP contribution in [0.1, 0.15) is 30.6 Å². The van der Waals surface area contributed by atoms with Gasteiger partial charge in [0.15, 0.2) is 0 Å². The van der Waals surface area contributed by atoms with Crippen molar-refractivity contribution >= 4 is 21.8 Å². The lowest BCUT2D eigenvalue weighted by molar-refractivity contribution is 0.0951. The van der Waals surface area contributed by atoms with Gasteiger partial charge in [0, 0.05) is 17.1 Å². The standard InChI is InChI=1S/C14H21BrN2O/c1-11(2)17(3)10-6-9-16-14(18)12-7-4-5-8-13(12)15/h4-5,7-8,11H,6,9-10H2,1-3H3,(H,16,18). The molecule has 1 N–H and O–H groups in total. The van der Waals surface area contributed by atoms with Gasteiger partial charge in [-0.1, -0.05) is 12.1 Å². The van der Waals surface area contributed by atoms with Crippen LogP contribution in [-0.2, 0) is 0 Å². The number of amides is 1. The van der Waals surface area contributed by atoms with E-state index in [1.165, 1.54) is 0 Å². The van der Waals surface area contributed by atoms with Crippen molar-refractivity contribution < 1.29 is 4.79 Å². The normalized spacial score (nSPS) is 11.0. The second-order valence-electron chi connectivity index (χ2n) is 4.66. The Morgan fingerprint density at radius 3 is 2.67 bits per heavy atom. The molecule has 1 aromatic rings. The second kappa shape index (κ2) is 7.54. The van der Waals surface area contributed by atoms with Crippen LogP contribution in [0.25, 0.3) is 0 Å². The number of hydrogen-bond acceptors (Lipinski definition) is 2. The third kappa shape index (κ3) is 4.78. The largest absolute Gasteiger partial charge is 0.352 e. The lowest BCUT2D eigenvalue weighted by Crippen LogP contribution is -2.31. The predicted molar refractivity (Wildman–Crippen MR) is 78.9 cm³/mol. The molecule has 0 aliphatic carbocycles. The molecule has 0 spiro atoms. The molecule has 0 aliphatic heterocycles. The number of carbonyl (C=O) groups excluding carboxylic acids is 1. The van der Waals surface area contributed by atoms with Crippen molar-refractivity contribution in [1.29, 1.82) is 0 Å². The lowest BCUT2D eigenvalue weighted by Gasteiger charge is -2.20. The fourth-order valence-electron chi connectivity index (χ4n) is 1.53. The molecule has 0 aliphatic rings. The molecule has 0 atom stereocenters. The minimum absolute atomic E-state index is 0.0188. The number of rotatable bonds is 6. The highest BCUT2D eigenvalue weighted by atomic mass is 79.9. The maximum atomic E-state index is 11.9. The van der Waals surface area contributed by atoms with Gasteiger partial charge in [-0.2, -0.15) is 0 Å². The molecule has 0 unspecified atom stereocenters. The van der Waals surface area contributed by atoms with E-state index in [0.717, 1.165) is 17.4 Å². The average Bonchev–Trinajstić information content (AvgIpc) is 2.34. The number of hydrogen-bond donors (Lipinski definition) is 1. The van der Waals surface area contributed by atoms with Gasteiger partial charge in [0.25, 0.3) is 5.91 Å². The Morgan fingerprint density at radius 2 is 2.06 bits per heavy atom. The molecule has 100 valence electrons. The zero-order valence-corrected chi connectivity index (χ0v) is 12.8. The van der Waals surface area contributed by atoms with Gasteiger partial charge in [-0.3, -0.25) is 4.79 Å². The molecule has 0 heterocycles. The highest BCUT2D eigenvalue weighted by Crippen LogP contribution is 2.15. The van der Waals surface area contributed by atoms with E-state index in [4.69, 9.17) is 0 Å². The molecule has 1 rings (SSSR count). The Balaban J connectivity index is 2.32. The number of halogens is 1. The van der Waals surface area contributed by atoms with Crippen molar-refractivity contribution in [3.05, 3.63) is 34.3 Å². The molecule has 0 saturated heterocycles. The quantitative estimate of drug-likeness (QED) is 0.819. The molecule has 1 aromatic carbocycles. The number of nitrogens with zero attached hydrogens (tertiary/aromatic N) is 1. The van der Waals surface area contributed by atoms with E-state index in [2.05, 4.69) is 47.0 Å². The smallest absolute Gasteiger partial charge is 0.252 e. The van der Waals surface area contributed by atoms with Crippen LogP contribution in [0.5, 0.6) is 0 Å². The average molecular weight is 313 g/mol. The Labute approximate surface area is 118 Å². The van der Waals surface area contributed by atoms with Crippen LogP contribution in [0.4, 0.5) is 0 Å². The summed E-state index contributed by atoms with van der Waals surface area (Å²) < 4.78 is 0.835. The van der Waals surface area contributed by atoms with Crippen LogP contribution in [0, 0.1) is 0 Å². The zero-order valence-electron chi connectivity index (χ0n) is 11.2. The highest BCUT2D eigenvalue weighted by molar-refractivity contribution is 9.10. The maximum Gasteiger partial charge on any atom is 0.252 e. The zero-order chi connectivity index (χ0) is 13.5. The van der Waals surface area contributed by atoms with Gasteiger partial charge in [-0.15, -0.1) is 0 Å². The predicted octanol–water partition coefficient (Wildman–Crippen LogP) is 2.91. The lowest BCUT2D eigenvalue weighted by atomic mass is 10.2. The van der Waals surface area contributed by atoms with Gasteiger partial charge in [0.1, 0.15) is 0 Å². The first kappa shape index (κ1) is 15.2. The van der Waals surface area contributed by atoms with Crippen LogP contribution >= 0.6 is 15.9 Å². The monoisotopic (exact) mass is 312 g/mol. The third-order valence-corrected chi connectivity index (χ3v) is 3.66. The van der Waals surface area contributed by atoms with Gasteiger partial charge < -0.3 is 10.2 Å². The second-order valence-corrected chi connectivity index (χ2v) is 5.52. The summed E-state index contributed by atoms with van der Waals surface area (Å²) in [6, 6.07) is 8.01. The van der Waals surface area contributed by atoms with E-state index < -0.39 is 0 Å². The number of nitrogens with one attached hydrogen (secondary N) is 1. The first-order valence-electron chi connectivity index (χ1n) is 6.25. The summed E-state index contributed by atoms with van der Waals surface area (Å²) in [4.78, 5) is 14.2. The van der Waals surface area contributed by atoms with Crippen molar-refractivity contribution in [3.63, 3.8) is 0 Å². The van der Waals surface area contributed by atoms with E-state index in [-0.39, 0.29) is 5.91 Å². The SMILES string of the molecule is CC(C)N(C)CCCNC(=O)c1ccccc1Br. The van der Waals surface area contributed by atoms with E-state index >= 15 is 0 Å². The third-order valence-electron chi connectivity index (χ3n) is 2.97. The van der Waals surface area contributed by atoms with Crippen molar-refractivity contribution in [3.8, 4) is 0 Å². The van der Waals surface area contributed by atoms with Gasteiger partial charge in [-0.05, 0) is 61.9 Å². The van der Waals surface area contributed by atoms with Gasteiger partial charge in [0.2, 0.25) is 0 Å². The molecule has 18 heavy (non-hydrogen) atoms. The molecule has 0 fully saturated rings. The Hall–Kier alpha value is -0.870. The molecule has 0 bridgehead atoms. The van der Waals surface area contributed by atoms with Crippen LogP contribution < -0.4 is 5.32 Å². The van der Waals surface area contributed by atoms with E-state index in [1.54, 1.807) is 0 Å². The van der Waals surface area contributed by atoms with E-state index in [9.17, 15) is 4.79 Å². The Bertz CT molecular complexity index is 393. The summed E-state index contributed by atoms with van der Waals surface area (Å²) >= 11 is 3.38. The van der Waals surface area contributed by atoms with E-state index in [0.29, 0.717) is 18.2 Å². The number of carbonyl (C=O) groups is 1. The van der Waals surface area contributed by atoms with Crippen molar-refractivity contribution in [1.82, 2.24) is 10.2 Å². The molecule has 0 aromatic heterocycles. The van der Waals surface area contributed by atoms with Crippen LogP contribution in [0.2, 0.25) is 0 Å². The summed E-state index contributed by atoms with van der Waals surface area (Å²) in [6.07, 6.45) is 0.963. The first-order chi connectivity index (χ1) is 8.52. The fraction of sp³-hybridized carbons (Fsp3) is 0.500. The summed E-state index contributed by atoms with van der Waals surface area (Å²) in [5.74, 6) is -0.0188. The van der Waals surface area contributed by atoms with Crippen LogP contribution in [-0.4, -0.2) is 37.0 Å². The Kier molecular flexibility index (Phi) is 6.36. The number of benzene rings is 1. The fourth-order valence-corrected chi connectivity index (χ4v) is 1.99. The van der Waals surface area contributed by atoms with Gasteiger partial charge in [0.05, 0.1) is 5.56 Å². The topological polar surface area (TPSA) is 32.3 Å². The van der Waals surface area contributed by atoms with Crippen molar-refractivity contribution in [2.75, 3.05) is 20.1 Å². The maximum absolute atomic E-state index is 11.9.